The molecule has 0 amide bonds. The molecule has 0 radical (unpaired) electrons. The van der Waals surface area contributed by atoms with Crippen molar-refractivity contribution in [3.05, 3.63) is 206 Å². The zero-order valence-electron chi connectivity index (χ0n) is 31.4. The Labute approximate surface area is 335 Å². The molecule has 0 atom stereocenters. The molecule has 0 aliphatic carbocycles. The maximum absolute atomic E-state index is 6.21. The van der Waals surface area contributed by atoms with E-state index in [1.54, 1.807) is 0 Å². The summed E-state index contributed by atoms with van der Waals surface area (Å²) in [6, 6.07) is 74.0. The first-order chi connectivity index (χ1) is 28.7. The van der Waals surface area contributed by atoms with Crippen LogP contribution in [0.5, 0.6) is 0 Å². The fourth-order valence-electron chi connectivity index (χ4n) is 8.91. The number of hydrogen-bond acceptors (Lipinski definition) is 2. The second kappa shape index (κ2) is 12.9. The number of hydrogen-bond donors (Lipinski definition) is 0. The number of furan rings is 1. The Kier molecular flexibility index (Phi) is 7.23. The molecular formula is C55H34N2O. The molecule has 12 rings (SSSR count). The fourth-order valence-corrected chi connectivity index (χ4v) is 8.91. The van der Waals surface area contributed by atoms with Crippen molar-refractivity contribution >= 4 is 54.5 Å². The van der Waals surface area contributed by atoms with Gasteiger partial charge >= 0.3 is 0 Å². The number of fused-ring (bicyclic) bond motifs is 3. The van der Waals surface area contributed by atoms with Gasteiger partial charge in [-0.25, -0.2) is 4.98 Å². The van der Waals surface area contributed by atoms with Crippen molar-refractivity contribution in [2.45, 2.75) is 0 Å². The molecular weight excluding hydrogens is 705 g/mol. The van der Waals surface area contributed by atoms with E-state index < -0.39 is 0 Å². The van der Waals surface area contributed by atoms with E-state index in [1.807, 2.05) is 12.1 Å². The Hall–Kier alpha value is -7.75. The van der Waals surface area contributed by atoms with Crippen molar-refractivity contribution in [1.82, 2.24) is 9.55 Å². The summed E-state index contributed by atoms with van der Waals surface area (Å²) in [5, 5.41) is 7.18. The standard InChI is InChI=1S/C55H34N2O/c1-3-10-35(11-4-1)37-18-20-39(21-19-37)45-32-48(40-24-22-38(23-25-40)36-12-5-2-6-13-36)56-53(34-45)57-49-16-9-14-41-26-27-43-30-44(33-50(57)55(43)54(41)49)42-28-29-52-47(31-42)46-15-7-8-17-51(46)58-52/h1-34H. The molecule has 3 nitrogen and oxygen atoms in total. The molecule has 12 aromatic rings. The first-order valence-electron chi connectivity index (χ1n) is 19.8. The van der Waals surface area contributed by atoms with Gasteiger partial charge in [-0.05, 0) is 104 Å². The Balaban J connectivity index is 1.08. The molecule has 0 N–H and O–H groups in total. The molecule has 0 saturated carbocycles. The van der Waals surface area contributed by atoms with Crippen molar-refractivity contribution in [2.24, 2.45) is 0 Å². The molecule has 0 aliphatic heterocycles. The Morgan fingerprint density at radius 3 is 1.64 bits per heavy atom. The van der Waals surface area contributed by atoms with Crippen molar-refractivity contribution < 1.29 is 4.42 Å². The number of nitrogens with zero attached hydrogens (tertiary/aromatic N) is 2. The molecule has 0 saturated heterocycles. The van der Waals surface area contributed by atoms with Gasteiger partial charge in [0.2, 0.25) is 0 Å². The summed E-state index contributed by atoms with van der Waals surface area (Å²) in [4.78, 5) is 5.52. The minimum absolute atomic E-state index is 0.880. The van der Waals surface area contributed by atoms with Crippen LogP contribution in [0.25, 0.3) is 116 Å². The highest BCUT2D eigenvalue weighted by Gasteiger charge is 2.20. The second-order valence-electron chi connectivity index (χ2n) is 15.2. The van der Waals surface area contributed by atoms with E-state index in [4.69, 9.17) is 9.40 Å². The van der Waals surface area contributed by atoms with E-state index in [0.29, 0.717) is 0 Å². The molecule has 0 fully saturated rings. The van der Waals surface area contributed by atoms with Gasteiger partial charge in [0.05, 0.1) is 16.7 Å². The Morgan fingerprint density at radius 1 is 0.328 bits per heavy atom. The average molecular weight is 739 g/mol. The minimum Gasteiger partial charge on any atom is -0.456 e. The van der Waals surface area contributed by atoms with Gasteiger partial charge in [-0.15, -0.1) is 0 Å². The van der Waals surface area contributed by atoms with Crippen LogP contribution in [0.3, 0.4) is 0 Å². The molecule has 0 aliphatic rings. The summed E-state index contributed by atoms with van der Waals surface area (Å²) in [5.74, 6) is 0.880. The van der Waals surface area contributed by atoms with E-state index in [0.717, 1.165) is 72.3 Å². The zero-order chi connectivity index (χ0) is 38.2. The maximum atomic E-state index is 6.21. The Morgan fingerprint density at radius 2 is 0.897 bits per heavy atom. The van der Waals surface area contributed by atoms with E-state index >= 15 is 0 Å². The SMILES string of the molecule is c1ccc(-c2ccc(-c3cc(-c4ccc(-c5ccccc5)cc4)nc(-n4c5cccc6ccc7cc(-c8ccc9oc%10ccccc%10c9c8)cc4c7c65)c3)cc2)cc1. The molecule has 3 aromatic heterocycles. The predicted molar refractivity (Wildman–Crippen MR) is 242 cm³/mol. The molecule has 270 valence electrons. The lowest BCUT2D eigenvalue weighted by Crippen LogP contribution is -2.00. The number of aromatic nitrogens is 2. The van der Waals surface area contributed by atoms with Gasteiger partial charge in [0, 0.05) is 27.1 Å². The lowest BCUT2D eigenvalue weighted by atomic mass is 9.96. The molecule has 9 aromatic carbocycles. The summed E-state index contributed by atoms with van der Waals surface area (Å²) >= 11 is 0. The van der Waals surface area contributed by atoms with Crippen molar-refractivity contribution in [3.63, 3.8) is 0 Å². The van der Waals surface area contributed by atoms with Crippen molar-refractivity contribution in [3.8, 4) is 61.6 Å². The van der Waals surface area contributed by atoms with Crippen molar-refractivity contribution in [1.29, 1.82) is 0 Å². The van der Waals surface area contributed by atoms with Crippen LogP contribution in [-0.2, 0) is 0 Å². The van der Waals surface area contributed by atoms with Crippen LogP contribution in [-0.4, -0.2) is 9.55 Å². The van der Waals surface area contributed by atoms with Crippen LogP contribution in [0.15, 0.2) is 211 Å². The van der Waals surface area contributed by atoms with Crippen LogP contribution in [0.2, 0.25) is 0 Å². The Bertz CT molecular complexity index is 3370. The lowest BCUT2D eigenvalue weighted by molar-refractivity contribution is 0.669. The minimum atomic E-state index is 0.880. The third kappa shape index (κ3) is 5.25. The van der Waals surface area contributed by atoms with E-state index in [9.17, 15) is 0 Å². The van der Waals surface area contributed by atoms with Gasteiger partial charge in [0.25, 0.3) is 0 Å². The summed E-state index contributed by atoms with van der Waals surface area (Å²) in [7, 11) is 0. The van der Waals surface area contributed by atoms with Crippen LogP contribution in [0.1, 0.15) is 0 Å². The van der Waals surface area contributed by atoms with Crippen molar-refractivity contribution in [2.75, 3.05) is 0 Å². The van der Waals surface area contributed by atoms with Crippen LogP contribution < -0.4 is 0 Å². The molecule has 0 unspecified atom stereocenters. The van der Waals surface area contributed by atoms with Crippen LogP contribution >= 0.6 is 0 Å². The van der Waals surface area contributed by atoms with Gasteiger partial charge in [-0.1, -0.05) is 158 Å². The normalized spacial score (nSPS) is 11.8. The van der Waals surface area contributed by atoms with Gasteiger partial charge in [-0.3, -0.25) is 4.57 Å². The topological polar surface area (TPSA) is 31.0 Å². The molecule has 58 heavy (non-hydrogen) atoms. The van der Waals surface area contributed by atoms with Gasteiger partial charge < -0.3 is 4.42 Å². The van der Waals surface area contributed by atoms with Crippen LogP contribution in [0.4, 0.5) is 0 Å². The largest absolute Gasteiger partial charge is 0.456 e. The summed E-state index contributed by atoms with van der Waals surface area (Å²) < 4.78 is 8.59. The van der Waals surface area contributed by atoms with E-state index in [-0.39, 0.29) is 0 Å². The highest BCUT2D eigenvalue weighted by atomic mass is 16.3. The van der Waals surface area contributed by atoms with Gasteiger partial charge in [-0.2, -0.15) is 0 Å². The third-order valence-corrected chi connectivity index (χ3v) is 11.8. The zero-order valence-corrected chi connectivity index (χ0v) is 31.4. The number of benzene rings is 9. The predicted octanol–water partition coefficient (Wildman–Crippen LogP) is 15.0. The summed E-state index contributed by atoms with van der Waals surface area (Å²) in [5.41, 5.74) is 15.4. The van der Waals surface area contributed by atoms with E-state index in [2.05, 4.69) is 199 Å². The number of para-hydroxylation sites is 1. The fraction of sp³-hybridized carbons (Fsp3) is 0. The van der Waals surface area contributed by atoms with Gasteiger partial charge in [0.1, 0.15) is 17.0 Å². The molecule has 0 spiro atoms. The monoisotopic (exact) mass is 738 g/mol. The summed E-state index contributed by atoms with van der Waals surface area (Å²) in [6.07, 6.45) is 0. The third-order valence-electron chi connectivity index (χ3n) is 11.8. The quantitative estimate of drug-likeness (QED) is 0.159. The highest BCUT2D eigenvalue weighted by Crippen LogP contribution is 2.43. The van der Waals surface area contributed by atoms with Gasteiger partial charge in [0.15, 0.2) is 0 Å². The highest BCUT2D eigenvalue weighted by molar-refractivity contribution is 6.25. The first kappa shape index (κ1) is 32.5. The first-order valence-corrected chi connectivity index (χ1v) is 19.8. The average Bonchev–Trinajstić information content (AvgIpc) is 3.85. The molecule has 3 heteroatoms. The molecule has 3 heterocycles. The lowest BCUT2D eigenvalue weighted by Gasteiger charge is -2.14. The number of rotatable bonds is 6. The number of pyridine rings is 1. The smallest absolute Gasteiger partial charge is 0.138 e. The molecule has 0 bridgehead atoms. The van der Waals surface area contributed by atoms with Crippen LogP contribution in [0, 0.1) is 0 Å². The second-order valence-corrected chi connectivity index (χ2v) is 15.2. The maximum Gasteiger partial charge on any atom is 0.138 e. The van der Waals surface area contributed by atoms with E-state index in [1.165, 1.54) is 43.8 Å². The summed E-state index contributed by atoms with van der Waals surface area (Å²) in [6.45, 7) is 0.